The van der Waals surface area contributed by atoms with Gasteiger partial charge in [0.15, 0.2) is 35.1 Å². The maximum atomic E-state index is 12.1. The van der Waals surface area contributed by atoms with Crippen molar-refractivity contribution in [3.8, 4) is 11.4 Å². The molecule has 0 radical (unpaired) electrons. The number of aliphatic hydroxyl groups excluding tert-OH is 2. The molecule has 5 rings (SSSR count). The molecule has 1 aromatic carbocycles. The molecule has 4 N–H and O–H groups in total. The molecule has 14 heteroatoms. The molecule has 14 nitrogen and oxygen atoms in total. The number of rotatable bonds is 7. The van der Waals surface area contributed by atoms with Crippen LogP contribution >= 0.6 is 0 Å². The number of anilines is 1. The van der Waals surface area contributed by atoms with Crippen LogP contribution in [0.25, 0.3) is 22.6 Å². The Kier molecular flexibility index (Phi) is 6.43. The van der Waals surface area contributed by atoms with Crippen LogP contribution in [0.5, 0.6) is 0 Å². The van der Waals surface area contributed by atoms with Crippen molar-refractivity contribution in [1.82, 2.24) is 29.8 Å². The van der Waals surface area contributed by atoms with Crippen LogP contribution < -0.4 is 10.6 Å². The van der Waals surface area contributed by atoms with E-state index < -0.39 is 35.4 Å². The van der Waals surface area contributed by atoms with Crippen LogP contribution in [0.15, 0.2) is 55.1 Å². The number of aromatic nitrogens is 5. The fourth-order valence-corrected chi connectivity index (χ4v) is 4.03. The highest BCUT2D eigenvalue weighted by Crippen LogP contribution is 2.34. The minimum atomic E-state index is -1.49. The number of fused-ring (bicyclic) bond motifs is 1. The molecule has 0 saturated carbocycles. The fraction of sp³-hybridized carbons (Fsp3) is 0.261. The molecule has 1 fully saturated rings. The quantitative estimate of drug-likeness (QED) is 0.204. The van der Waals surface area contributed by atoms with Crippen molar-refractivity contribution in [2.75, 3.05) is 12.4 Å². The highest BCUT2D eigenvalue weighted by Gasteiger charge is 2.47. The summed E-state index contributed by atoms with van der Waals surface area (Å²) in [6.07, 6.45) is -1.57. The number of amides is 1. The first-order chi connectivity index (χ1) is 17.9. The van der Waals surface area contributed by atoms with Crippen molar-refractivity contribution in [3.05, 3.63) is 70.8 Å². The van der Waals surface area contributed by atoms with Crippen LogP contribution in [0.2, 0.25) is 0 Å². The molecule has 0 bridgehead atoms. The molecule has 0 aliphatic carbocycles. The number of hydrogen-bond acceptors (Lipinski definition) is 11. The Morgan fingerprint density at radius 2 is 1.97 bits per heavy atom. The number of likely N-dealkylation sites (N-methyl/N-ethyl adjacent to an activating group) is 1. The number of hydrogen-bond donors (Lipinski definition) is 4. The second kappa shape index (κ2) is 9.85. The topological polar surface area (TPSA) is 190 Å². The zero-order valence-corrected chi connectivity index (χ0v) is 19.4. The molecule has 1 aliphatic rings. The summed E-state index contributed by atoms with van der Waals surface area (Å²) in [7, 11) is 1.39. The van der Waals surface area contributed by atoms with Crippen molar-refractivity contribution >= 4 is 28.6 Å². The Bertz CT molecular complexity index is 1460. The molecule has 4 atom stereocenters. The molecular formula is C23H22N8O6. The predicted octanol–water partition coefficient (Wildman–Crippen LogP) is 0.774. The number of ether oxygens (including phenoxy) is 1. The maximum absolute atomic E-state index is 12.1. The first-order valence-electron chi connectivity index (χ1n) is 11.2. The zero-order valence-electron chi connectivity index (χ0n) is 19.4. The second-order valence-corrected chi connectivity index (χ2v) is 8.29. The summed E-state index contributed by atoms with van der Waals surface area (Å²) in [5, 5.41) is 37.9. The molecule has 37 heavy (non-hydrogen) atoms. The number of carbonyl (C=O) groups is 1. The van der Waals surface area contributed by atoms with E-state index in [1.54, 1.807) is 0 Å². The van der Waals surface area contributed by atoms with E-state index in [2.05, 4.69) is 30.6 Å². The van der Waals surface area contributed by atoms with Gasteiger partial charge in [0.1, 0.15) is 18.4 Å². The Labute approximate surface area is 209 Å². The number of nitrogens with one attached hydrogen (secondary N) is 2. The van der Waals surface area contributed by atoms with E-state index >= 15 is 0 Å². The highest BCUT2D eigenvalue weighted by atomic mass is 16.6. The van der Waals surface area contributed by atoms with E-state index in [0.29, 0.717) is 17.9 Å². The number of benzene rings is 1. The minimum absolute atomic E-state index is 0.108. The molecule has 4 aromatic rings. The molecule has 4 heterocycles. The van der Waals surface area contributed by atoms with Gasteiger partial charge in [0, 0.05) is 31.4 Å². The first kappa shape index (κ1) is 24.2. The van der Waals surface area contributed by atoms with E-state index in [0.717, 1.165) is 11.8 Å². The van der Waals surface area contributed by atoms with Crippen LogP contribution in [-0.2, 0) is 16.1 Å². The summed E-state index contributed by atoms with van der Waals surface area (Å²) in [5.74, 6) is -0.163. The third-order valence-electron chi connectivity index (χ3n) is 5.93. The Morgan fingerprint density at radius 3 is 2.70 bits per heavy atom. The van der Waals surface area contributed by atoms with Crippen LogP contribution in [0.3, 0.4) is 0 Å². The van der Waals surface area contributed by atoms with Gasteiger partial charge in [-0.1, -0.05) is 30.3 Å². The van der Waals surface area contributed by atoms with Gasteiger partial charge in [0.05, 0.1) is 11.3 Å². The van der Waals surface area contributed by atoms with Gasteiger partial charge >= 0.3 is 0 Å². The SMILES string of the molecule is CNC(=O)[C@@H]1OC(n2cnc3c(NCc4ccccc4)nc(-c4cncc([N+](=O)[O-])c4)nc32)C(O)C1O. The van der Waals surface area contributed by atoms with Gasteiger partial charge in [-0.05, 0) is 5.56 Å². The van der Waals surface area contributed by atoms with E-state index in [1.165, 1.54) is 30.2 Å². The number of imidazole rings is 1. The molecule has 1 saturated heterocycles. The third-order valence-corrected chi connectivity index (χ3v) is 5.93. The lowest BCUT2D eigenvalue weighted by Gasteiger charge is -2.17. The van der Waals surface area contributed by atoms with Crippen LogP contribution in [0.1, 0.15) is 11.8 Å². The monoisotopic (exact) mass is 506 g/mol. The van der Waals surface area contributed by atoms with Crippen molar-refractivity contribution in [2.24, 2.45) is 0 Å². The summed E-state index contributed by atoms with van der Waals surface area (Å²) in [5.41, 5.74) is 1.55. The molecule has 1 aliphatic heterocycles. The van der Waals surface area contributed by atoms with Crippen molar-refractivity contribution in [2.45, 2.75) is 31.1 Å². The summed E-state index contributed by atoms with van der Waals surface area (Å²) in [6.45, 7) is 0.395. The average Bonchev–Trinajstić information content (AvgIpc) is 3.48. The van der Waals surface area contributed by atoms with E-state index in [9.17, 15) is 25.1 Å². The third kappa shape index (κ3) is 4.55. The minimum Gasteiger partial charge on any atom is -0.387 e. The summed E-state index contributed by atoms with van der Waals surface area (Å²) in [6, 6.07) is 10.8. The number of aliphatic hydroxyl groups is 2. The van der Waals surface area contributed by atoms with Gasteiger partial charge in [-0.25, -0.2) is 15.0 Å². The summed E-state index contributed by atoms with van der Waals surface area (Å²) in [4.78, 5) is 40.2. The summed E-state index contributed by atoms with van der Waals surface area (Å²) < 4.78 is 7.07. The second-order valence-electron chi connectivity index (χ2n) is 8.29. The summed E-state index contributed by atoms with van der Waals surface area (Å²) >= 11 is 0. The van der Waals surface area contributed by atoms with Crippen molar-refractivity contribution in [1.29, 1.82) is 0 Å². The lowest BCUT2D eigenvalue weighted by atomic mass is 10.1. The molecule has 3 aromatic heterocycles. The van der Waals surface area contributed by atoms with Crippen molar-refractivity contribution < 1.29 is 24.7 Å². The predicted molar refractivity (Wildman–Crippen MR) is 129 cm³/mol. The number of nitro groups is 1. The number of carbonyl (C=O) groups excluding carboxylic acids is 1. The van der Waals surface area contributed by atoms with Gasteiger partial charge in [0.25, 0.3) is 11.6 Å². The van der Waals surface area contributed by atoms with Gasteiger partial charge < -0.3 is 25.6 Å². The average molecular weight is 506 g/mol. The number of nitrogens with zero attached hydrogens (tertiary/aromatic N) is 6. The van der Waals surface area contributed by atoms with Gasteiger partial charge in [-0.15, -0.1) is 0 Å². The van der Waals surface area contributed by atoms with E-state index in [1.807, 2.05) is 30.3 Å². The van der Waals surface area contributed by atoms with Crippen molar-refractivity contribution in [3.63, 3.8) is 0 Å². The lowest BCUT2D eigenvalue weighted by molar-refractivity contribution is -0.385. The molecule has 1 amide bonds. The largest absolute Gasteiger partial charge is 0.387 e. The molecular weight excluding hydrogens is 484 g/mol. The fourth-order valence-electron chi connectivity index (χ4n) is 4.03. The number of pyridine rings is 1. The van der Waals surface area contributed by atoms with E-state index in [4.69, 9.17) is 4.74 Å². The zero-order chi connectivity index (χ0) is 26.1. The van der Waals surface area contributed by atoms with Gasteiger partial charge in [0.2, 0.25) is 0 Å². The van der Waals surface area contributed by atoms with Crippen LogP contribution in [-0.4, -0.2) is 70.9 Å². The lowest BCUT2D eigenvalue weighted by Crippen LogP contribution is -2.41. The van der Waals surface area contributed by atoms with Crippen LogP contribution in [0, 0.1) is 10.1 Å². The standard InChI is InChI=1S/C23H22N8O6/c1-24-22(34)18-16(32)17(33)23(37-18)30-11-27-15-20(26-8-12-5-3-2-4-6-12)28-19(29-21(15)30)13-7-14(31(35)36)10-25-9-13/h2-7,9-11,16-18,23,32-33H,8H2,1H3,(H,24,34)(H,26,28,29)/t16?,17?,18-,23?/m1/s1. The Hall–Kier alpha value is -4.53. The van der Waals surface area contributed by atoms with E-state index in [-0.39, 0.29) is 22.7 Å². The normalized spacial score (nSPS) is 21.2. The van der Waals surface area contributed by atoms with Crippen LogP contribution in [0.4, 0.5) is 11.5 Å². The molecule has 0 spiro atoms. The maximum Gasteiger partial charge on any atom is 0.288 e. The highest BCUT2D eigenvalue weighted by molar-refractivity contribution is 5.85. The Morgan fingerprint density at radius 1 is 1.19 bits per heavy atom. The molecule has 190 valence electrons. The first-order valence-corrected chi connectivity index (χ1v) is 11.2. The van der Waals surface area contributed by atoms with Gasteiger partial charge in [-0.2, -0.15) is 0 Å². The molecule has 3 unspecified atom stereocenters. The van der Waals surface area contributed by atoms with Gasteiger partial charge in [-0.3, -0.25) is 24.5 Å². The Balaban J connectivity index is 1.60. The smallest absolute Gasteiger partial charge is 0.288 e.